The summed E-state index contributed by atoms with van der Waals surface area (Å²) in [5.41, 5.74) is 1.17. The van der Waals surface area contributed by atoms with Crippen LogP contribution in [0.5, 0.6) is 0 Å². The van der Waals surface area contributed by atoms with Gasteiger partial charge in [0.1, 0.15) is 5.69 Å². The van der Waals surface area contributed by atoms with Crippen LogP contribution in [-0.4, -0.2) is 17.9 Å². The minimum absolute atomic E-state index is 0.160. The quantitative estimate of drug-likeness (QED) is 0.666. The van der Waals surface area contributed by atoms with Gasteiger partial charge >= 0.3 is 0 Å². The highest BCUT2D eigenvalue weighted by Gasteiger charge is 2.16. The van der Waals surface area contributed by atoms with Crippen LogP contribution in [-0.2, 0) is 0 Å². The standard InChI is InChI=1S/C15H12N4O3/c1-17-13-6-5-11(8-14(13)19(21)22)15(20)18-12-4-2-3-10(7-12)9-16/h2-8,17H,1H3,(H,18,20). The first kappa shape index (κ1) is 15.0. The van der Waals surface area contributed by atoms with Crippen molar-refractivity contribution in [3.05, 3.63) is 63.7 Å². The Kier molecular flexibility index (Phi) is 4.34. The van der Waals surface area contributed by atoms with Crippen LogP contribution in [0.15, 0.2) is 42.5 Å². The van der Waals surface area contributed by atoms with Gasteiger partial charge in [0.2, 0.25) is 0 Å². The number of carbonyl (C=O) groups excluding carboxylic acids is 1. The van der Waals surface area contributed by atoms with Gasteiger partial charge in [0.15, 0.2) is 0 Å². The molecule has 110 valence electrons. The van der Waals surface area contributed by atoms with Crippen LogP contribution in [0.1, 0.15) is 15.9 Å². The zero-order valence-corrected chi connectivity index (χ0v) is 11.7. The van der Waals surface area contributed by atoms with Gasteiger partial charge < -0.3 is 10.6 Å². The van der Waals surface area contributed by atoms with E-state index in [2.05, 4.69) is 10.6 Å². The number of amides is 1. The van der Waals surface area contributed by atoms with E-state index >= 15 is 0 Å². The molecule has 0 fully saturated rings. The van der Waals surface area contributed by atoms with E-state index in [0.29, 0.717) is 16.9 Å². The molecule has 0 radical (unpaired) electrons. The fourth-order valence-electron chi connectivity index (χ4n) is 1.91. The van der Waals surface area contributed by atoms with E-state index in [-0.39, 0.29) is 11.3 Å². The Labute approximate surface area is 126 Å². The normalized spacial score (nSPS) is 9.64. The van der Waals surface area contributed by atoms with E-state index in [1.54, 1.807) is 25.2 Å². The van der Waals surface area contributed by atoms with E-state index in [0.717, 1.165) is 0 Å². The highest BCUT2D eigenvalue weighted by Crippen LogP contribution is 2.25. The van der Waals surface area contributed by atoms with Crippen LogP contribution in [0.3, 0.4) is 0 Å². The van der Waals surface area contributed by atoms with Crippen molar-refractivity contribution >= 4 is 23.0 Å². The van der Waals surface area contributed by atoms with Gasteiger partial charge in [-0.1, -0.05) is 6.07 Å². The van der Waals surface area contributed by atoms with Gasteiger partial charge in [-0.2, -0.15) is 5.26 Å². The maximum Gasteiger partial charge on any atom is 0.293 e. The fraction of sp³-hybridized carbons (Fsp3) is 0.0667. The summed E-state index contributed by atoms with van der Waals surface area (Å²) in [5, 5.41) is 25.1. The molecule has 0 unspecified atom stereocenters. The number of hydrogen-bond donors (Lipinski definition) is 2. The number of nitro groups is 1. The minimum Gasteiger partial charge on any atom is -0.383 e. The molecule has 0 saturated heterocycles. The SMILES string of the molecule is CNc1ccc(C(=O)Nc2cccc(C#N)c2)cc1[N+](=O)[O-]. The first-order valence-electron chi connectivity index (χ1n) is 6.33. The molecule has 2 aromatic rings. The molecular weight excluding hydrogens is 284 g/mol. The second kappa shape index (κ2) is 6.37. The number of rotatable bonds is 4. The molecule has 1 amide bonds. The monoisotopic (exact) mass is 296 g/mol. The summed E-state index contributed by atoms with van der Waals surface area (Å²) < 4.78 is 0. The van der Waals surface area contributed by atoms with Crippen molar-refractivity contribution in [3.8, 4) is 6.07 Å². The maximum atomic E-state index is 12.2. The minimum atomic E-state index is -0.557. The van der Waals surface area contributed by atoms with Gasteiger partial charge in [0.25, 0.3) is 11.6 Å². The zero-order valence-electron chi connectivity index (χ0n) is 11.7. The van der Waals surface area contributed by atoms with Gasteiger partial charge in [0, 0.05) is 24.4 Å². The number of carbonyl (C=O) groups is 1. The lowest BCUT2D eigenvalue weighted by Gasteiger charge is -2.07. The molecule has 2 N–H and O–H groups in total. The number of benzene rings is 2. The first-order chi connectivity index (χ1) is 10.5. The van der Waals surface area contributed by atoms with E-state index in [1.165, 1.54) is 24.3 Å². The summed E-state index contributed by atoms with van der Waals surface area (Å²) in [5.74, 6) is -0.485. The van der Waals surface area contributed by atoms with Crippen LogP contribution in [0.25, 0.3) is 0 Å². The van der Waals surface area contributed by atoms with Crippen LogP contribution in [0.4, 0.5) is 17.1 Å². The van der Waals surface area contributed by atoms with Gasteiger partial charge in [-0.05, 0) is 30.3 Å². The second-order valence-corrected chi connectivity index (χ2v) is 4.39. The highest BCUT2D eigenvalue weighted by molar-refractivity contribution is 6.05. The molecule has 0 aliphatic carbocycles. The Morgan fingerprint density at radius 3 is 2.68 bits per heavy atom. The predicted octanol–water partition coefficient (Wildman–Crippen LogP) is 2.76. The summed E-state index contributed by atoms with van der Waals surface area (Å²) in [7, 11) is 1.56. The number of nitrogens with one attached hydrogen (secondary N) is 2. The average Bonchev–Trinajstić information content (AvgIpc) is 2.54. The largest absolute Gasteiger partial charge is 0.383 e. The third-order valence-electron chi connectivity index (χ3n) is 2.98. The van der Waals surface area contributed by atoms with Crippen molar-refractivity contribution in [1.82, 2.24) is 0 Å². The van der Waals surface area contributed by atoms with Gasteiger partial charge in [-0.15, -0.1) is 0 Å². The fourth-order valence-corrected chi connectivity index (χ4v) is 1.91. The Bertz CT molecular complexity index is 781. The van der Waals surface area contributed by atoms with E-state index in [4.69, 9.17) is 5.26 Å². The summed E-state index contributed by atoms with van der Waals surface area (Å²) in [6.07, 6.45) is 0. The molecule has 0 aliphatic heterocycles. The van der Waals surface area contributed by atoms with Crippen LogP contribution in [0.2, 0.25) is 0 Å². The molecular formula is C15H12N4O3. The summed E-state index contributed by atoms with van der Waals surface area (Å²) in [6.45, 7) is 0. The van der Waals surface area contributed by atoms with Crippen molar-refractivity contribution < 1.29 is 9.72 Å². The van der Waals surface area contributed by atoms with E-state index in [1.807, 2.05) is 6.07 Å². The number of nitrogens with zero attached hydrogens (tertiary/aromatic N) is 2. The third-order valence-corrected chi connectivity index (χ3v) is 2.98. The molecule has 0 atom stereocenters. The Hall–Kier alpha value is -3.40. The van der Waals surface area contributed by atoms with Gasteiger partial charge in [0.05, 0.1) is 16.6 Å². The third kappa shape index (κ3) is 3.19. The molecule has 0 aromatic heterocycles. The average molecular weight is 296 g/mol. The number of nitro benzene ring substituents is 1. The number of anilines is 2. The van der Waals surface area contributed by atoms with Crippen molar-refractivity contribution in [2.45, 2.75) is 0 Å². The lowest BCUT2D eigenvalue weighted by Crippen LogP contribution is -2.12. The van der Waals surface area contributed by atoms with Crippen LogP contribution >= 0.6 is 0 Å². The van der Waals surface area contributed by atoms with E-state index in [9.17, 15) is 14.9 Å². The van der Waals surface area contributed by atoms with Gasteiger partial charge in [-0.3, -0.25) is 14.9 Å². The highest BCUT2D eigenvalue weighted by atomic mass is 16.6. The molecule has 0 saturated carbocycles. The Morgan fingerprint density at radius 1 is 1.27 bits per heavy atom. The molecule has 7 heteroatoms. The van der Waals surface area contributed by atoms with Crippen molar-refractivity contribution in [3.63, 3.8) is 0 Å². The van der Waals surface area contributed by atoms with Crippen molar-refractivity contribution in [2.24, 2.45) is 0 Å². The molecule has 7 nitrogen and oxygen atoms in total. The molecule has 0 aliphatic rings. The first-order valence-corrected chi connectivity index (χ1v) is 6.33. The Morgan fingerprint density at radius 2 is 2.05 bits per heavy atom. The smallest absolute Gasteiger partial charge is 0.293 e. The Balaban J connectivity index is 2.28. The second-order valence-electron chi connectivity index (χ2n) is 4.39. The van der Waals surface area contributed by atoms with Crippen LogP contribution in [0, 0.1) is 21.4 Å². The summed E-state index contributed by atoms with van der Waals surface area (Å²) in [6, 6.07) is 12.5. The van der Waals surface area contributed by atoms with Crippen molar-refractivity contribution in [1.29, 1.82) is 5.26 Å². The molecule has 2 aromatic carbocycles. The maximum absolute atomic E-state index is 12.2. The zero-order chi connectivity index (χ0) is 16.1. The molecule has 0 spiro atoms. The lowest BCUT2D eigenvalue weighted by molar-refractivity contribution is -0.384. The molecule has 2 rings (SSSR count). The number of nitriles is 1. The van der Waals surface area contributed by atoms with Crippen molar-refractivity contribution in [2.75, 3.05) is 17.7 Å². The molecule has 22 heavy (non-hydrogen) atoms. The van der Waals surface area contributed by atoms with Gasteiger partial charge in [-0.25, -0.2) is 0 Å². The molecule has 0 heterocycles. The topological polar surface area (TPSA) is 108 Å². The van der Waals surface area contributed by atoms with E-state index < -0.39 is 10.8 Å². The predicted molar refractivity (Wildman–Crippen MR) is 81.8 cm³/mol. The number of hydrogen-bond acceptors (Lipinski definition) is 5. The van der Waals surface area contributed by atoms with Crippen LogP contribution < -0.4 is 10.6 Å². The molecule has 0 bridgehead atoms. The lowest BCUT2D eigenvalue weighted by atomic mass is 10.1. The summed E-state index contributed by atoms with van der Waals surface area (Å²) in [4.78, 5) is 22.6. The summed E-state index contributed by atoms with van der Waals surface area (Å²) >= 11 is 0.